The number of amides is 3. The van der Waals surface area contributed by atoms with Crippen LogP contribution in [-0.2, 0) is 23.9 Å². The van der Waals surface area contributed by atoms with Crippen LogP contribution in [0.4, 0.5) is 13.2 Å². The van der Waals surface area contributed by atoms with Crippen LogP contribution in [0.2, 0.25) is 0 Å². The smallest absolute Gasteiger partial charge is 0.373 e. The molecular weight excluding hydrogens is 531 g/mol. The van der Waals surface area contributed by atoms with Gasteiger partial charge in [0.1, 0.15) is 18.4 Å². The number of ether oxygens (including phenoxy) is 1. The molecule has 5 aliphatic rings. The van der Waals surface area contributed by atoms with Crippen LogP contribution in [0.1, 0.15) is 59.3 Å². The van der Waals surface area contributed by atoms with E-state index in [1.165, 1.54) is 6.92 Å². The first-order chi connectivity index (χ1) is 18.6. The first-order valence-corrected chi connectivity index (χ1v) is 13.8. The molecule has 5 fully saturated rings. The third-order valence-electron chi connectivity index (χ3n) is 9.09. The van der Waals surface area contributed by atoms with Gasteiger partial charge in [0, 0.05) is 18.0 Å². The molecular formula is C27H38F3N5O5. The highest BCUT2D eigenvalue weighted by molar-refractivity contribution is 5.85. The van der Waals surface area contributed by atoms with E-state index in [4.69, 9.17) is 4.74 Å². The zero-order valence-corrected chi connectivity index (χ0v) is 23.2. The molecule has 0 aromatic heterocycles. The normalized spacial score (nSPS) is 31.4. The van der Waals surface area contributed by atoms with Gasteiger partial charge in [0.25, 0.3) is 0 Å². The SMILES string of the molecule is CC(OC1CC1)C(C=O)NC(=O)C(F)(F)F.CN1CC2C(C1C(=O)NC(C#N)CC1CC3(CC3)NC1=O)C2(C)C. The van der Waals surface area contributed by atoms with Crippen molar-refractivity contribution < 1.29 is 37.1 Å². The molecule has 7 atom stereocenters. The van der Waals surface area contributed by atoms with E-state index in [0.717, 1.165) is 38.6 Å². The van der Waals surface area contributed by atoms with Crippen LogP contribution in [0.3, 0.4) is 0 Å². The number of likely N-dealkylation sites (N-methyl/N-ethyl adjacent to an activating group) is 1. The Morgan fingerprint density at radius 1 is 1.27 bits per heavy atom. The second-order valence-electron chi connectivity index (χ2n) is 12.6. The van der Waals surface area contributed by atoms with Crippen molar-refractivity contribution in [2.45, 2.75) is 101 Å². The molecule has 0 aromatic carbocycles. The van der Waals surface area contributed by atoms with Gasteiger partial charge in [0.15, 0.2) is 0 Å². The Morgan fingerprint density at radius 2 is 1.93 bits per heavy atom. The van der Waals surface area contributed by atoms with Gasteiger partial charge in [-0.1, -0.05) is 13.8 Å². The van der Waals surface area contributed by atoms with Crippen molar-refractivity contribution in [3.63, 3.8) is 0 Å². The van der Waals surface area contributed by atoms with Crippen LogP contribution in [0, 0.1) is 34.5 Å². The first kappa shape index (κ1) is 30.2. The summed E-state index contributed by atoms with van der Waals surface area (Å²) < 4.78 is 41.0. The maximum absolute atomic E-state index is 12.7. The summed E-state index contributed by atoms with van der Waals surface area (Å²) in [6.45, 7) is 6.83. The molecule has 3 aliphatic carbocycles. The number of nitriles is 1. The molecule has 1 spiro atoms. The molecule has 3 saturated carbocycles. The van der Waals surface area contributed by atoms with Crippen molar-refractivity contribution in [1.29, 1.82) is 5.26 Å². The predicted molar refractivity (Wildman–Crippen MR) is 135 cm³/mol. The van der Waals surface area contributed by atoms with Crippen LogP contribution in [0.25, 0.3) is 0 Å². The van der Waals surface area contributed by atoms with Gasteiger partial charge >= 0.3 is 12.1 Å². The maximum Gasteiger partial charge on any atom is 0.471 e. The van der Waals surface area contributed by atoms with E-state index >= 15 is 0 Å². The number of fused-ring (bicyclic) bond motifs is 1. The molecule has 0 bridgehead atoms. The highest BCUT2D eigenvalue weighted by atomic mass is 19.4. The Morgan fingerprint density at radius 3 is 2.40 bits per heavy atom. The number of halogens is 3. The summed E-state index contributed by atoms with van der Waals surface area (Å²) in [5.74, 6) is -1.33. The van der Waals surface area contributed by atoms with Crippen LogP contribution >= 0.6 is 0 Å². The van der Waals surface area contributed by atoms with Crippen molar-refractivity contribution in [2.75, 3.05) is 13.6 Å². The number of likely N-dealkylation sites (tertiary alicyclic amines) is 1. The number of piperidine rings is 1. The van der Waals surface area contributed by atoms with Gasteiger partial charge in [-0.25, -0.2) is 0 Å². The fraction of sp³-hybridized carbons (Fsp3) is 0.815. The first-order valence-electron chi connectivity index (χ1n) is 13.8. The molecule has 13 heteroatoms. The number of nitrogens with zero attached hydrogens (tertiary/aromatic N) is 2. The van der Waals surface area contributed by atoms with Crippen molar-refractivity contribution in [1.82, 2.24) is 20.9 Å². The van der Waals surface area contributed by atoms with Crippen LogP contribution in [0.15, 0.2) is 0 Å². The summed E-state index contributed by atoms with van der Waals surface area (Å²) in [6, 6.07) is 0.184. The Labute approximate surface area is 231 Å². The molecule has 2 aliphatic heterocycles. The molecule has 10 nitrogen and oxygen atoms in total. The van der Waals surface area contributed by atoms with E-state index in [-0.39, 0.29) is 47.1 Å². The van der Waals surface area contributed by atoms with Crippen LogP contribution < -0.4 is 16.0 Å². The fourth-order valence-electron chi connectivity index (χ4n) is 6.25. The van der Waals surface area contributed by atoms with Gasteiger partial charge in [0.2, 0.25) is 11.8 Å². The standard InChI is InChI=1S/C18H26N4O2.C9H12F3NO3/c1-17(2)12-9-22(3)14(13(12)17)16(24)20-11(8-19)6-10-7-18(4-5-18)21-15(10)23;1-5(16-6-2-3-6)7(4-14)13-8(15)9(10,11)12/h10-14H,4-7,9H2,1-3H3,(H,20,24)(H,21,23);4-7H,2-3H2,1H3,(H,13,15). The Bertz CT molecular complexity index is 1070. The lowest BCUT2D eigenvalue weighted by atomic mass is 9.95. The highest BCUT2D eigenvalue weighted by Gasteiger charge is 2.67. The molecule has 2 saturated heterocycles. The summed E-state index contributed by atoms with van der Waals surface area (Å²) in [7, 11) is 1.98. The largest absolute Gasteiger partial charge is 0.471 e. The minimum absolute atomic E-state index is 0.000221. The summed E-state index contributed by atoms with van der Waals surface area (Å²) in [6.07, 6.45) is -0.501. The number of aldehydes is 1. The Kier molecular flexibility index (Phi) is 8.26. The number of carbonyl (C=O) groups is 4. The Balaban J connectivity index is 0.000000202. The molecule has 0 radical (unpaired) electrons. The molecule has 7 unspecified atom stereocenters. The monoisotopic (exact) mass is 569 g/mol. The summed E-state index contributed by atoms with van der Waals surface area (Å²) in [5, 5.41) is 17.0. The van der Waals surface area contributed by atoms with E-state index < -0.39 is 30.3 Å². The van der Waals surface area contributed by atoms with Gasteiger partial charge in [-0.15, -0.1) is 0 Å². The zero-order chi connectivity index (χ0) is 29.6. The minimum Gasteiger partial charge on any atom is -0.373 e. The van der Waals surface area contributed by atoms with E-state index in [0.29, 0.717) is 18.3 Å². The van der Waals surface area contributed by atoms with Gasteiger partial charge in [-0.3, -0.25) is 19.3 Å². The number of hydrogen-bond acceptors (Lipinski definition) is 7. The lowest BCUT2D eigenvalue weighted by Crippen LogP contribution is -2.49. The summed E-state index contributed by atoms with van der Waals surface area (Å²) in [4.78, 5) is 48.1. The fourth-order valence-corrected chi connectivity index (χ4v) is 6.25. The van der Waals surface area contributed by atoms with E-state index in [1.807, 2.05) is 7.05 Å². The molecule has 40 heavy (non-hydrogen) atoms. The average Bonchev–Trinajstić information content (AvgIpc) is 3.81. The lowest BCUT2D eigenvalue weighted by molar-refractivity contribution is -0.175. The van der Waals surface area contributed by atoms with Gasteiger partial charge in [0.05, 0.1) is 24.3 Å². The van der Waals surface area contributed by atoms with Gasteiger partial charge in [-0.2, -0.15) is 18.4 Å². The van der Waals surface area contributed by atoms with Crippen molar-refractivity contribution in [3.8, 4) is 6.07 Å². The minimum atomic E-state index is -4.99. The van der Waals surface area contributed by atoms with Crippen molar-refractivity contribution in [3.05, 3.63) is 0 Å². The van der Waals surface area contributed by atoms with Crippen molar-refractivity contribution in [2.24, 2.45) is 23.2 Å². The molecule has 222 valence electrons. The molecule has 2 heterocycles. The summed E-state index contributed by atoms with van der Waals surface area (Å²) in [5.41, 5.74) is 0.239. The predicted octanol–water partition coefficient (Wildman–Crippen LogP) is 1.44. The lowest BCUT2D eigenvalue weighted by Gasteiger charge is -2.27. The van der Waals surface area contributed by atoms with Gasteiger partial charge in [-0.05, 0) is 69.7 Å². The zero-order valence-electron chi connectivity index (χ0n) is 23.2. The van der Waals surface area contributed by atoms with Gasteiger partial charge < -0.3 is 25.5 Å². The second kappa shape index (κ2) is 10.9. The molecule has 0 aromatic rings. The number of nitrogens with one attached hydrogen (secondary N) is 3. The van der Waals surface area contributed by atoms with E-state index in [9.17, 15) is 37.6 Å². The van der Waals surface area contributed by atoms with E-state index in [2.05, 4.69) is 35.5 Å². The van der Waals surface area contributed by atoms with E-state index in [1.54, 1.807) is 5.32 Å². The third-order valence-corrected chi connectivity index (χ3v) is 9.09. The highest BCUT2D eigenvalue weighted by Crippen LogP contribution is 2.64. The molecule has 5 rings (SSSR count). The number of alkyl halides is 3. The number of carbonyl (C=O) groups excluding carboxylic acids is 4. The molecule has 3 N–H and O–H groups in total. The topological polar surface area (TPSA) is 141 Å². The summed E-state index contributed by atoms with van der Waals surface area (Å²) >= 11 is 0. The quantitative estimate of drug-likeness (QED) is 0.357. The molecule has 3 amide bonds. The maximum atomic E-state index is 12.7. The number of hydrogen-bond donors (Lipinski definition) is 3. The second-order valence-corrected chi connectivity index (χ2v) is 12.6. The average molecular weight is 570 g/mol. The third kappa shape index (κ3) is 6.60. The van der Waals surface area contributed by atoms with Crippen LogP contribution in [0.5, 0.6) is 0 Å². The van der Waals surface area contributed by atoms with Crippen molar-refractivity contribution >= 4 is 24.0 Å². The van der Waals surface area contributed by atoms with Crippen LogP contribution in [-0.4, -0.2) is 84.5 Å². The Hall–Kier alpha value is -2.72. The number of rotatable bonds is 9.